The maximum atomic E-state index is 12.8. The van der Waals surface area contributed by atoms with E-state index in [-0.39, 0.29) is 11.8 Å². The molecule has 0 atom stereocenters. The molecule has 0 saturated carbocycles. The minimum absolute atomic E-state index is 0.131. The molecule has 2 aromatic carbocycles. The third kappa shape index (κ3) is 4.36. The molecule has 1 aliphatic heterocycles. The van der Waals surface area contributed by atoms with E-state index in [2.05, 4.69) is 16.4 Å². The van der Waals surface area contributed by atoms with Crippen LogP contribution in [0.25, 0.3) is 11.3 Å². The molecular weight excluding hydrogens is 442 g/mol. The minimum Gasteiger partial charge on any atom is -0.493 e. The summed E-state index contributed by atoms with van der Waals surface area (Å²) in [5.74, 6) is 1.01. The number of nitrogens with zero attached hydrogens (tertiary/aromatic N) is 2. The van der Waals surface area contributed by atoms with E-state index in [9.17, 15) is 9.59 Å². The number of rotatable bonds is 7. The summed E-state index contributed by atoms with van der Waals surface area (Å²) in [6.07, 6.45) is 1.31. The van der Waals surface area contributed by atoms with Crippen LogP contribution in [0.4, 0.5) is 10.8 Å². The number of anilines is 2. The van der Waals surface area contributed by atoms with Crippen molar-refractivity contribution >= 4 is 34.0 Å². The SMILES string of the molecule is CCC(=O)N1CCc2cc(-c3csc(NC(=O)c4cc(OC)c(OC)c(OC)c4)n3)ccc21. The van der Waals surface area contributed by atoms with Gasteiger partial charge in [-0.1, -0.05) is 13.0 Å². The number of nitrogens with one attached hydrogen (secondary N) is 1. The first-order valence-electron chi connectivity index (χ1n) is 10.5. The van der Waals surface area contributed by atoms with Crippen molar-refractivity contribution in [1.29, 1.82) is 0 Å². The first kappa shape index (κ1) is 22.6. The van der Waals surface area contributed by atoms with Gasteiger partial charge in [0.05, 0.1) is 27.0 Å². The van der Waals surface area contributed by atoms with E-state index in [1.54, 1.807) is 12.1 Å². The lowest BCUT2D eigenvalue weighted by Gasteiger charge is -2.16. The molecule has 0 aliphatic carbocycles. The zero-order valence-electron chi connectivity index (χ0n) is 18.9. The zero-order chi connectivity index (χ0) is 23.5. The Balaban J connectivity index is 1.53. The highest BCUT2D eigenvalue weighted by atomic mass is 32.1. The first-order chi connectivity index (χ1) is 16.0. The van der Waals surface area contributed by atoms with E-state index in [0.717, 1.165) is 28.9 Å². The molecule has 4 rings (SSSR count). The number of carbonyl (C=O) groups is 2. The monoisotopic (exact) mass is 467 g/mol. The van der Waals surface area contributed by atoms with Gasteiger partial charge in [0, 0.05) is 35.2 Å². The lowest BCUT2D eigenvalue weighted by Crippen LogP contribution is -2.27. The predicted molar refractivity (Wildman–Crippen MR) is 128 cm³/mol. The van der Waals surface area contributed by atoms with Crippen LogP contribution >= 0.6 is 11.3 Å². The first-order valence-corrected chi connectivity index (χ1v) is 11.4. The Bertz CT molecular complexity index is 1180. The largest absolute Gasteiger partial charge is 0.493 e. The summed E-state index contributed by atoms with van der Waals surface area (Å²) in [5.41, 5.74) is 4.17. The molecule has 1 N–H and O–H groups in total. The summed E-state index contributed by atoms with van der Waals surface area (Å²) < 4.78 is 16.0. The van der Waals surface area contributed by atoms with Crippen LogP contribution in [-0.4, -0.2) is 44.7 Å². The van der Waals surface area contributed by atoms with E-state index in [1.165, 1.54) is 32.7 Å². The van der Waals surface area contributed by atoms with Crippen molar-refractivity contribution in [3.05, 3.63) is 46.8 Å². The molecule has 8 nitrogen and oxygen atoms in total. The Kier molecular flexibility index (Phi) is 6.50. The Labute approximate surface area is 196 Å². The summed E-state index contributed by atoms with van der Waals surface area (Å²) in [7, 11) is 4.51. The molecule has 0 radical (unpaired) electrons. The van der Waals surface area contributed by atoms with Gasteiger partial charge in [0.2, 0.25) is 11.7 Å². The van der Waals surface area contributed by atoms with Crippen LogP contribution in [0.1, 0.15) is 29.3 Å². The lowest BCUT2D eigenvalue weighted by atomic mass is 10.1. The number of amides is 2. The summed E-state index contributed by atoms with van der Waals surface area (Å²) in [6, 6.07) is 9.18. The average molecular weight is 468 g/mol. The summed E-state index contributed by atoms with van der Waals surface area (Å²) >= 11 is 1.34. The van der Waals surface area contributed by atoms with Gasteiger partial charge in [0.25, 0.3) is 5.91 Å². The molecular formula is C24H25N3O5S. The van der Waals surface area contributed by atoms with E-state index in [0.29, 0.717) is 40.9 Å². The van der Waals surface area contributed by atoms with Crippen molar-refractivity contribution in [2.24, 2.45) is 0 Å². The summed E-state index contributed by atoms with van der Waals surface area (Å²) in [4.78, 5) is 31.4. The molecule has 2 amide bonds. The normalized spacial score (nSPS) is 12.3. The maximum Gasteiger partial charge on any atom is 0.257 e. The molecule has 3 aromatic rings. The van der Waals surface area contributed by atoms with Gasteiger partial charge in [-0.3, -0.25) is 14.9 Å². The van der Waals surface area contributed by atoms with Gasteiger partial charge in [-0.15, -0.1) is 11.3 Å². The number of fused-ring (bicyclic) bond motifs is 1. The van der Waals surface area contributed by atoms with E-state index >= 15 is 0 Å². The van der Waals surface area contributed by atoms with Crippen LogP contribution in [0.15, 0.2) is 35.7 Å². The van der Waals surface area contributed by atoms with E-state index < -0.39 is 0 Å². The van der Waals surface area contributed by atoms with Crippen molar-refractivity contribution in [3.63, 3.8) is 0 Å². The fraction of sp³-hybridized carbons (Fsp3) is 0.292. The molecule has 9 heteroatoms. The Morgan fingerprint density at radius 2 is 1.82 bits per heavy atom. The number of thiazole rings is 1. The van der Waals surface area contributed by atoms with Gasteiger partial charge in [-0.25, -0.2) is 4.98 Å². The van der Waals surface area contributed by atoms with Gasteiger partial charge < -0.3 is 19.1 Å². The smallest absolute Gasteiger partial charge is 0.257 e. The minimum atomic E-state index is -0.335. The van der Waals surface area contributed by atoms with Gasteiger partial charge in [0.15, 0.2) is 16.6 Å². The molecule has 33 heavy (non-hydrogen) atoms. The Hall–Kier alpha value is -3.59. The Morgan fingerprint density at radius 3 is 2.45 bits per heavy atom. The van der Waals surface area contributed by atoms with Crippen LogP contribution in [0.5, 0.6) is 17.2 Å². The standard InChI is InChI=1S/C24H25N3O5S/c1-5-21(28)27-9-8-15-10-14(6-7-18(15)27)17-13-33-24(25-17)26-23(29)16-11-19(30-2)22(32-4)20(12-16)31-3/h6-7,10-13H,5,8-9H2,1-4H3,(H,25,26,29). The molecule has 0 unspecified atom stereocenters. The zero-order valence-corrected chi connectivity index (χ0v) is 19.7. The van der Waals surface area contributed by atoms with Crippen LogP contribution in [0, 0.1) is 0 Å². The molecule has 0 spiro atoms. The fourth-order valence-electron chi connectivity index (χ4n) is 3.86. The van der Waals surface area contributed by atoms with E-state index in [1.807, 2.05) is 29.3 Å². The van der Waals surface area contributed by atoms with Crippen molar-refractivity contribution < 1.29 is 23.8 Å². The number of ether oxygens (including phenoxy) is 3. The second kappa shape index (κ2) is 9.50. The maximum absolute atomic E-state index is 12.8. The highest BCUT2D eigenvalue weighted by Gasteiger charge is 2.24. The molecule has 0 bridgehead atoms. The van der Waals surface area contributed by atoms with Crippen molar-refractivity contribution in [2.75, 3.05) is 38.1 Å². The highest BCUT2D eigenvalue weighted by molar-refractivity contribution is 7.14. The van der Waals surface area contributed by atoms with Gasteiger partial charge in [-0.2, -0.15) is 0 Å². The molecule has 0 fully saturated rings. The van der Waals surface area contributed by atoms with Crippen LogP contribution in [-0.2, 0) is 11.2 Å². The fourth-order valence-corrected chi connectivity index (χ4v) is 4.57. The quantitative estimate of drug-likeness (QED) is 0.554. The van der Waals surface area contributed by atoms with Crippen LogP contribution in [0.2, 0.25) is 0 Å². The van der Waals surface area contributed by atoms with Gasteiger partial charge >= 0.3 is 0 Å². The number of aromatic nitrogens is 1. The van der Waals surface area contributed by atoms with Crippen molar-refractivity contribution in [3.8, 4) is 28.5 Å². The average Bonchev–Trinajstić information content (AvgIpc) is 3.49. The molecule has 172 valence electrons. The van der Waals surface area contributed by atoms with Crippen LogP contribution in [0.3, 0.4) is 0 Å². The number of carbonyl (C=O) groups excluding carboxylic acids is 2. The number of methoxy groups -OCH3 is 3. The lowest BCUT2D eigenvalue weighted by molar-refractivity contribution is -0.118. The highest BCUT2D eigenvalue weighted by Crippen LogP contribution is 2.38. The number of hydrogen-bond donors (Lipinski definition) is 1. The van der Waals surface area contributed by atoms with Crippen molar-refractivity contribution in [2.45, 2.75) is 19.8 Å². The molecule has 1 aliphatic rings. The molecule has 1 aromatic heterocycles. The van der Waals surface area contributed by atoms with Crippen molar-refractivity contribution in [1.82, 2.24) is 4.98 Å². The van der Waals surface area contributed by atoms with E-state index in [4.69, 9.17) is 14.2 Å². The van der Waals surface area contributed by atoms with Gasteiger partial charge in [0.1, 0.15) is 0 Å². The second-order valence-corrected chi connectivity index (χ2v) is 8.26. The number of hydrogen-bond acceptors (Lipinski definition) is 7. The molecule has 2 heterocycles. The van der Waals surface area contributed by atoms with Gasteiger partial charge in [-0.05, 0) is 36.2 Å². The summed E-state index contributed by atoms with van der Waals surface area (Å²) in [6.45, 7) is 2.58. The third-order valence-electron chi connectivity index (χ3n) is 5.53. The Morgan fingerprint density at radius 1 is 1.09 bits per heavy atom. The third-order valence-corrected chi connectivity index (χ3v) is 6.28. The number of benzene rings is 2. The molecule has 0 saturated heterocycles. The summed E-state index contributed by atoms with van der Waals surface area (Å²) in [5, 5.41) is 5.21. The predicted octanol–water partition coefficient (Wildman–Crippen LogP) is 4.39. The second-order valence-electron chi connectivity index (χ2n) is 7.40. The topological polar surface area (TPSA) is 90.0 Å². The van der Waals surface area contributed by atoms with Crippen LogP contribution < -0.4 is 24.4 Å².